The number of nitrogens with one attached hydrogen (secondary N) is 2. The summed E-state index contributed by atoms with van der Waals surface area (Å²) < 4.78 is 23.5. The standard InChI is InChI=1S/C28H29N7O4S/c1-40(38,39)22-13-20(15-29-18-22)28(37)32-17-21-14-25-19(16-31-21)8-9-24(33-25)23-5-2-6-26(34-23)30-10-4-12-35-11-3-7-27(35)36/h2,5-6,8-9,13-16,18H,3-4,7,10-12,17H2,1H3,(H,30,34)(H,32,37). The molecule has 1 saturated heterocycles. The number of amides is 2. The van der Waals surface area contributed by atoms with Gasteiger partial charge in [0.1, 0.15) is 5.82 Å². The normalized spacial score (nSPS) is 13.5. The molecular formula is C28H29N7O4S. The Morgan fingerprint density at radius 2 is 1.90 bits per heavy atom. The predicted octanol–water partition coefficient (Wildman–Crippen LogP) is 2.84. The van der Waals surface area contributed by atoms with Crippen molar-refractivity contribution in [2.45, 2.75) is 30.7 Å². The van der Waals surface area contributed by atoms with E-state index in [9.17, 15) is 18.0 Å². The molecule has 40 heavy (non-hydrogen) atoms. The maximum Gasteiger partial charge on any atom is 0.253 e. The summed E-state index contributed by atoms with van der Waals surface area (Å²) in [5, 5.41) is 6.92. The van der Waals surface area contributed by atoms with E-state index in [0.29, 0.717) is 35.6 Å². The smallest absolute Gasteiger partial charge is 0.253 e. The lowest BCUT2D eigenvalue weighted by molar-refractivity contribution is -0.127. The van der Waals surface area contributed by atoms with E-state index < -0.39 is 15.7 Å². The number of aromatic nitrogens is 4. The molecule has 11 nitrogen and oxygen atoms in total. The van der Waals surface area contributed by atoms with Crippen molar-refractivity contribution in [2.24, 2.45) is 0 Å². The van der Waals surface area contributed by atoms with Crippen LogP contribution >= 0.6 is 0 Å². The second-order valence-corrected chi connectivity index (χ2v) is 11.6. The third-order valence-electron chi connectivity index (χ3n) is 6.56. The fraction of sp³-hybridized carbons (Fsp3) is 0.286. The number of rotatable bonds is 10. The molecule has 0 saturated carbocycles. The molecule has 2 amide bonds. The number of pyridine rings is 4. The molecular weight excluding hydrogens is 530 g/mol. The van der Waals surface area contributed by atoms with Gasteiger partial charge in [-0.3, -0.25) is 19.6 Å². The highest BCUT2D eigenvalue weighted by molar-refractivity contribution is 7.90. The number of sulfone groups is 1. The maximum atomic E-state index is 12.6. The van der Waals surface area contributed by atoms with Crippen molar-refractivity contribution in [1.82, 2.24) is 30.2 Å². The Morgan fingerprint density at radius 1 is 1.05 bits per heavy atom. The lowest BCUT2D eigenvalue weighted by Gasteiger charge is -2.15. The first-order chi connectivity index (χ1) is 19.3. The van der Waals surface area contributed by atoms with Crippen molar-refractivity contribution < 1.29 is 18.0 Å². The van der Waals surface area contributed by atoms with E-state index in [1.165, 1.54) is 18.5 Å². The fourth-order valence-corrected chi connectivity index (χ4v) is 5.01. The Morgan fingerprint density at radius 3 is 2.70 bits per heavy atom. The van der Waals surface area contributed by atoms with Gasteiger partial charge < -0.3 is 15.5 Å². The third kappa shape index (κ3) is 6.57. The predicted molar refractivity (Wildman–Crippen MR) is 150 cm³/mol. The average Bonchev–Trinajstić information content (AvgIpc) is 3.37. The van der Waals surface area contributed by atoms with Gasteiger partial charge in [-0.15, -0.1) is 0 Å². The Balaban J connectivity index is 1.23. The van der Waals surface area contributed by atoms with E-state index in [2.05, 4.69) is 20.6 Å². The second-order valence-electron chi connectivity index (χ2n) is 9.60. The molecule has 1 aliphatic rings. The van der Waals surface area contributed by atoms with Crippen LogP contribution in [0.2, 0.25) is 0 Å². The molecule has 5 rings (SSSR count). The van der Waals surface area contributed by atoms with Crippen LogP contribution in [0.4, 0.5) is 5.82 Å². The van der Waals surface area contributed by atoms with Crippen LogP contribution < -0.4 is 10.6 Å². The van der Waals surface area contributed by atoms with Gasteiger partial charge in [0.2, 0.25) is 5.91 Å². The number of anilines is 1. The molecule has 0 spiro atoms. The number of carbonyl (C=O) groups is 2. The summed E-state index contributed by atoms with van der Waals surface area (Å²) in [6, 6.07) is 12.6. The van der Waals surface area contributed by atoms with Crippen molar-refractivity contribution in [3.8, 4) is 11.4 Å². The number of hydrogen-bond donors (Lipinski definition) is 2. The van der Waals surface area contributed by atoms with E-state index in [1.807, 2.05) is 35.2 Å². The molecule has 1 aliphatic heterocycles. The van der Waals surface area contributed by atoms with Gasteiger partial charge in [0.25, 0.3) is 5.91 Å². The highest BCUT2D eigenvalue weighted by atomic mass is 32.2. The van der Waals surface area contributed by atoms with E-state index in [-0.39, 0.29) is 22.9 Å². The Kier molecular flexibility index (Phi) is 7.96. The Hall–Kier alpha value is -4.45. The summed E-state index contributed by atoms with van der Waals surface area (Å²) in [5.41, 5.74) is 2.86. The number of likely N-dealkylation sites (tertiary alicyclic amines) is 1. The molecule has 4 aromatic heterocycles. The minimum absolute atomic E-state index is 0.0212. The highest BCUT2D eigenvalue weighted by Gasteiger charge is 2.19. The highest BCUT2D eigenvalue weighted by Crippen LogP contribution is 2.21. The van der Waals surface area contributed by atoms with Gasteiger partial charge in [-0.2, -0.15) is 0 Å². The third-order valence-corrected chi connectivity index (χ3v) is 7.64. The minimum atomic E-state index is -3.48. The van der Waals surface area contributed by atoms with Crippen LogP contribution in [-0.4, -0.2) is 71.0 Å². The largest absolute Gasteiger partial charge is 0.370 e. The van der Waals surface area contributed by atoms with Gasteiger partial charge in [-0.25, -0.2) is 18.4 Å². The quantitative estimate of drug-likeness (QED) is 0.280. The molecule has 4 aromatic rings. The monoisotopic (exact) mass is 559 g/mol. The number of carbonyl (C=O) groups excluding carboxylic acids is 2. The first-order valence-corrected chi connectivity index (χ1v) is 14.8. The van der Waals surface area contributed by atoms with Crippen molar-refractivity contribution in [1.29, 1.82) is 0 Å². The molecule has 0 bridgehead atoms. The van der Waals surface area contributed by atoms with Gasteiger partial charge in [-0.1, -0.05) is 6.07 Å². The first-order valence-electron chi connectivity index (χ1n) is 12.9. The molecule has 2 N–H and O–H groups in total. The summed E-state index contributed by atoms with van der Waals surface area (Å²) in [6.07, 6.45) is 7.72. The molecule has 0 unspecified atom stereocenters. The van der Waals surface area contributed by atoms with Crippen LogP contribution in [0.1, 0.15) is 35.3 Å². The molecule has 0 aliphatic carbocycles. The van der Waals surface area contributed by atoms with Crippen molar-refractivity contribution >= 4 is 38.4 Å². The number of nitrogens with zero attached hydrogens (tertiary/aromatic N) is 5. The molecule has 206 valence electrons. The molecule has 1 fully saturated rings. The Bertz CT molecular complexity index is 1680. The van der Waals surface area contributed by atoms with Gasteiger partial charge in [0.15, 0.2) is 9.84 Å². The average molecular weight is 560 g/mol. The van der Waals surface area contributed by atoms with E-state index in [1.54, 1.807) is 12.3 Å². The van der Waals surface area contributed by atoms with Crippen LogP contribution in [0.15, 0.2) is 66.0 Å². The number of hydrogen-bond acceptors (Lipinski definition) is 9. The van der Waals surface area contributed by atoms with E-state index >= 15 is 0 Å². The van der Waals surface area contributed by atoms with Gasteiger partial charge in [0, 0.05) is 56.3 Å². The zero-order valence-electron chi connectivity index (χ0n) is 22.0. The van der Waals surface area contributed by atoms with Crippen LogP contribution in [-0.2, 0) is 21.2 Å². The topological polar surface area (TPSA) is 147 Å². The van der Waals surface area contributed by atoms with Crippen molar-refractivity contribution in [3.05, 3.63) is 72.3 Å². The molecule has 0 atom stereocenters. The summed E-state index contributed by atoms with van der Waals surface area (Å²) in [6.45, 7) is 2.43. The maximum absolute atomic E-state index is 12.6. The van der Waals surface area contributed by atoms with Crippen LogP contribution in [0, 0.1) is 0 Å². The fourth-order valence-electron chi connectivity index (χ4n) is 4.42. The second kappa shape index (κ2) is 11.7. The molecule has 0 radical (unpaired) electrons. The summed E-state index contributed by atoms with van der Waals surface area (Å²) in [5.74, 6) is 0.516. The summed E-state index contributed by atoms with van der Waals surface area (Å²) in [7, 11) is -3.48. The molecule has 12 heteroatoms. The summed E-state index contributed by atoms with van der Waals surface area (Å²) in [4.78, 5) is 44.0. The minimum Gasteiger partial charge on any atom is -0.370 e. The number of fused-ring (bicyclic) bond motifs is 1. The first kappa shape index (κ1) is 27.1. The Labute approximate surface area is 232 Å². The zero-order chi connectivity index (χ0) is 28.1. The van der Waals surface area contributed by atoms with Crippen LogP contribution in [0.25, 0.3) is 22.3 Å². The van der Waals surface area contributed by atoms with Gasteiger partial charge in [-0.05, 0) is 49.2 Å². The van der Waals surface area contributed by atoms with Gasteiger partial charge in [0.05, 0.1) is 39.6 Å². The van der Waals surface area contributed by atoms with Gasteiger partial charge >= 0.3 is 0 Å². The van der Waals surface area contributed by atoms with Crippen molar-refractivity contribution in [3.63, 3.8) is 0 Å². The van der Waals surface area contributed by atoms with Crippen LogP contribution in [0.3, 0.4) is 0 Å². The van der Waals surface area contributed by atoms with Crippen molar-refractivity contribution in [2.75, 3.05) is 31.2 Å². The lowest BCUT2D eigenvalue weighted by Crippen LogP contribution is -2.27. The zero-order valence-corrected chi connectivity index (χ0v) is 22.8. The molecule has 0 aromatic carbocycles. The SMILES string of the molecule is CS(=O)(=O)c1cncc(C(=O)NCc2cc3nc(-c4cccc(NCCCN5CCCC5=O)n4)ccc3cn2)c1. The van der Waals surface area contributed by atoms with Crippen LogP contribution in [0.5, 0.6) is 0 Å². The summed E-state index contributed by atoms with van der Waals surface area (Å²) >= 11 is 0. The molecule has 5 heterocycles. The lowest BCUT2D eigenvalue weighted by atomic mass is 10.2. The van der Waals surface area contributed by atoms with E-state index in [0.717, 1.165) is 43.4 Å². The van der Waals surface area contributed by atoms with E-state index in [4.69, 9.17) is 9.97 Å².